The number of aliphatic carboxylic acids is 1. The van der Waals surface area contributed by atoms with Crippen LogP contribution in [0.1, 0.15) is 93.4 Å². The molecule has 3 saturated carbocycles. The summed E-state index contributed by atoms with van der Waals surface area (Å²) in [5.41, 5.74) is -0.606. The van der Waals surface area contributed by atoms with Gasteiger partial charge >= 0.3 is 5.97 Å². The van der Waals surface area contributed by atoms with E-state index in [-0.39, 0.29) is 51.0 Å². The van der Waals surface area contributed by atoms with E-state index in [0.717, 1.165) is 32.1 Å². The molecule has 8 atom stereocenters. The van der Waals surface area contributed by atoms with Gasteiger partial charge in [0.15, 0.2) is 11.6 Å². The highest BCUT2D eigenvalue weighted by molar-refractivity contribution is 5.99. The minimum absolute atomic E-state index is 0.0596. The zero-order valence-electron chi connectivity index (χ0n) is 22.1. The predicted molar refractivity (Wildman–Crippen MR) is 132 cm³/mol. The van der Waals surface area contributed by atoms with Gasteiger partial charge in [-0.15, -0.1) is 0 Å². The van der Waals surface area contributed by atoms with Crippen molar-refractivity contribution in [3.8, 4) is 0 Å². The van der Waals surface area contributed by atoms with Gasteiger partial charge in [0.2, 0.25) is 0 Å². The van der Waals surface area contributed by atoms with Gasteiger partial charge in [0, 0.05) is 16.7 Å². The molecule has 0 aliphatic heterocycles. The molecule has 0 unspecified atom stereocenters. The van der Waals surface area contributed by atoms with Crippen LogP contribution < -0.4 is 0 Å². The average Bonchev–Trinajstić information content (AvgIpc) is 2.73. The van der Waals surface area contributed by atoms with Gasteiger partial charge in [-0.3, -0.25) is 14.4 Å². The third-order valence-electron chi connectivity index (χ3n) is 12.4. The fourth-order valence-corrected chi connectivity index (χ4v) is 9.68. The van der Waals surface area contributed by atoms with E-state index in [1.54, 1.807) is 6.08 Å². The van der Waals surface area contributed by atoms with E-state index in [2.05, 4.69) is 47.6 Å². The van der Waals surface area contributed by atoms with E-state index in [4.69, 9.17) is 0 Å². The zero-order chi connectivity index (χ0) is 25.1. The van der Waals surface area contributed by atoms with E-state index in [0.29, 0.717) is 12.8 Å². The van der Waals surface area contributed by atoms with Crippen molar-refractivity contribution in [1.82, 2.24) is 0 Å². The standard InChI is InChI=1S/C30H42O4/c1-25(2)21-8-11-30(7)23(28(21,5)10-9-22(25)32)20(31)16-18-19-17-27(4,24(33)34)13-12-26(19,3)14-15-29(18,30)6/h9-10,16,19,21,23H,8,11-15,17H2,1-7H3,(H,33,34)/t19-,21-,23+,26+,27-,28-,29+,30+/m0/s1. The molecule has 0 aromatic heterocycles. The molecule has 1 N–H and O–H groups in total. The topological polar surface area (TPSA) is 71.4 Å². The molecule has 0 saturated heterocycles. The number of carboxylic acids is 1. The molecule has 0 aromatic rings. The maximum atomic E-state index is 14.1. The van der Waals surface area contributed by atoms with Crippen LogP contribution >= 0.6 is 0 Å². The molecule has 34 heavy (non-hydrogen) atoms. The number of hydrogen-bond donors (Lipinski definition) is 1. The first-order valence-corrected chi connectivity index (χ1v) is 13.3. The Hall–Kier alpha value is -1.71. The maximum Gasteiger partial charge on any atom is 0.309 e. The number of rotatable bonds is 1. The molecule has 186 valence electrons. The SMILES string of the molecule is CC1(C)C(=O)C=C[C@]2(C)[C@H]3C(=O)C=C4[C@@H]5C[C@@](C)(C(=O)O)CC[C@]5(C)CC[C@@]4(C)[C@]3(C)CC[C@@H]12. The Bertz CT molecular complexity index is 1050. The first kappa shape index (κ1) is 24.0. The van der Waals surface area contributed by atoms with E-state index in [9.17, 15) is 19.5 Å². The number of ketones is 2. The Morgan fingerprint density at radius 3 is 2.24 bits per heavy atom. The van der Waals surface area contributed by atoms with Gasteiger partial charge in [-0.1, -0.05) is 53.2 Å². The van der Waals surface area contributed by atoms with Crippen molar-refractivity contribution in [3.63, 3.8) is 0 Å². The molecular weight excluding hydrogens is 424 g/mol. The van der Waals surface area contributed by atoms with Crippen molar-refractivity contribution < 1.29 is 19.5 Å². The summed E-state index contributed by atoms with van der Waals surface area (Å²) in [7, 11) is 0. The van der Waals surface area contributed by atoms with E-state index in [1.165, 1.54) is 5.57 Å². The second-order valence-corrected chi connectivity index (χ2v) is 14.3. The molecule has 0 bridgehead atoms. The van der Waals surface area contributed by atoms with Gasteiger partial charge in [-0.2, -0.15) is 0 Å². The molecule has 4 nitrogen and oxygen atoms in total. The van der Waals surface area contributed by atoms with E-state index in [1.807, 2.05) is 13.0 Å². The van der Waals surface area contributed by atoms with Crippen LogP contribution in [0.5, 0.6) is 0 Å². The normalized spacial score (nSPS) is 51.5. The Morgan fingerprint density at radius 1 is 0.941 bits per heavy atom. The van der Waals surface area contributed by atoms with E-state index >= 15 is 0 Å². The zero-order valence-corrected chi connectivity index (χ0v) is 22.1. The molecular formula is C30H42O4. The average molecular weight is 467 g/mol. The van der Waals surface area contributed by atoms with Crippen LogP contribution in [-0.4, -0.2) is 22.6 Å². The van der Waals surface area contributed by atoms with Crippen LogP contribution in [0.4, 0.5) is 0 Å². The van der Waals surface area contributed by atoms with Gasteiger partial charge in [-0.05, 0) is 92.1 Å². The quantitative estimate of drug-likeness (QED) is 0.485. The van der Waals surface area contributed by atoms with Crippen LogP contribution in [0.3, 0.4) is 0 Å². The fourth-order valence-electron chi connectivity index (χ4n) is 9.68. The van der Waals surface area contributed by atoms with Crippen LogP contribution in [0, 0.1) is 50.2 Å². The molecule has 5 aliphatic carbocycles. The third-order valence-corrected chi connectivity index (χ3v) is 12.4. The van der Waals surface area contributed by atoms with Gasteiger partial charge in [-0.25, -0.2) is 0 Å². The second-order valence-electron chi connectivity index (χ2n) is 14.3. The molecule has 0 aromatic carbocycles. The first-order chi connectivity index (χ1) is 15.6. The molecule has 0 heterocycles. The number of carbonyl (C=O) groups is 3. The summed E-state index contributed by atoms with van der Waals surface area (Å²) < 4.78 is 0. The van der Waals surface area contributed by atoms with Crippen molar-refractivity contribution in [2.45, 2.75) is 93.4 Å². The molecule has 0 spiro atoms. The van der Waals surface area contributed by atoms with Crippen LogP contribution in [0.15, 0.2) is 23.8 Å². The second kappa shape index (κ2) is 6.73. The lowest BCUT2D eigenvalue weighted by Gasteiger charge is -2.69. The number of hydrogen-bond acceptors (Lipinski definition) is 3. The number of carboxylic acid groups (broad SMARTS) is 1. The summed E-state index contributed by atoms with van der Waals surface area (Å²) in [5, 5.41) is 10.0. The largest absolute Gasteiger partial charge is 0.481 e. The minimum atomic E-state index is -0.732. The summed E-state index contributed by atoms with van der Waals surface area (Å²) in [5.74, 6) is -0.210. The Labute approximate surface area is 204 Å². The lowest BCUT2D eigenvalue weighted by Crippen LogP contribution is -2.65. The van der Waals surface area contributed by atoms with Crippen LogP contribution in [0.25, 0.3) is 0 Å². The lowest BCUT2D eigenvalue weighted by atomic mass is 9.34. The smallest absolute Gasteiger partial charge is 0.309 e. The molecule has 0 radical (unpaired) electrons. The highest BCUT2D eigenvalue weighted by atomic mass is 16.4. The van der Waals surface area contributed by atoms with Crippen molar-refractivity contribution in [3.05, 3.63) is 23.8 Å². The molecule has 4 heteroatoms. The summed E-state index contributed by atoms with van der Waals surface area (Å²) in [6, 6.07) is 0. The molecule has 0 amide bonds. The summed E-state index contributed by atoms with van der Waals surface area (Å²) in [4.78, 5) is 39.2. The van der Waals surface area contributed by atoms with Crippen LogP contribution in [0.2, 0.25) is 0 Å². The predicted octanol–water partition coefficient (Wildman–Crippen LogP) is 6.40. The lowest BCUT2D eigenvalue weighted by molar-refractivity contribution is -0.171. The fraction of sp³-hybridized carbons (Fsp3) is 0.767. The van der Waals surface area contributed by atoms with Crippen LogP contribution in [-0.2, 0) is 14.4 Å². The third kappa shape index (κ3) is 2.69. The Morgan fingerprint density at radius 2 is 1.59 bits per heavy atom. The van der Waals surface area contributed by atoms with Gasteiger partial charge in [0.25, 0.3) is 0 Å². The maximum absolute atomic E-state index is 14.1. The van der Waals surface area contributed by atoms with Gasteiger partial charge in [0.1, 0.15) is 0 Å². The Balaban J connectivity index is 1.65. The highest BCUT2D eigenvalue weighted by Gasteiger charge is 2.69. The highest BCUT2D eigenvalue weighted by Crippen LogP contribution is 2.74. The molecule has 5 aliphatic rings. The van der Waals surface area contributed by atoms with Gasteiger partial charge < -0.3 is 5.11 Å². The number of carbonyl (C=O) groups excluding carboxylic acids is 2. The number of fused-ring (bicyclic) bond motifs is 7. The number of allylic oxidation sites excluding steroid dienone is 4. The summed E-state index contributed by atoms with van der Waals surface area (Å²) in [6.45, 7) is 15.3. The molecule has 3 fully saturated rings. The van der Waals surface area contributed by atoms with Crippen molar-refractivity contribution in [2.24, 2.45) is 50.2 Å². The summed E-state index contributed by atoms with van der Waals surface area (Å²) in [6.07, 6.45) is 12.0. The van der Waals surface area contributed by atoms with Crippen molar-refractivity contribution in [1.29, 1.82) is 0 Å². The summed E-state index contributed by atoms with van der Waals surface area (Å²) >= 11 is 0. The first-order valence-electron chi connectivity index (χ1n) is 13.3. The van der Waals surface area contributed by atoms with Gasteiger partial charge in [0.05, 0.1) is 5.41 Å². The Kier molecular flexibility index (Phi) is 4.75. The minimum Gasteiger partial charge on any atom is -0.481 e. The monoisotopic (exact) mass is 466 g/mol. The van der Waals surface area contributed by atoms with Crippen molar-refractivity contribution >= 4 is 17.5 Å². The van der Waals surface area contributed by atoms with Crippen molar-refractivity contribution in [2.75, 3.05) is 0 Å². The molecule has 5 rings (SSSR count). The van der Waals surface area contributed by atoms with E-state index < -0.39 is 16.8 Å².